The molecule has 0 saturated carbocycles. The highest BCUT2D eigenvalue weighted by molar-refractivity contribution is 7.87. The maximum atomic E-state index is 12.3. The highest BCUT2D eigenvalue weighted by atomic mass is 32.2. The Bertz CT molecular complexity index is 763. The summed E-state index contributed by atoms with van der Waals surface area (Å²) in [5, 5.41) is 2.15. The van der Waals surface area contributed by atoms with Crippen molar-refractivity contribution in [2.75, 3.05) is 26.2 Å². The van der Waals surface area contributed by atoms with Crippen LogP contribution in [-0.4, -0.2) is 39.0 Å². The van der Waals surface area contributed by atoms with Gasteiger partial charge in [-0.25, -0.2) is 0 Å². The van der Waals surface area contributed by atoms with Crippen LogP contribution in [0.5, 0.6) is 5.75 Å². The molecule has 1 fully saturated rings. The van der Waals surface area contributed by atoms with Crippen molar-refractivity contribution in [3.8, 4) is 5.75 Å². The second kappa shape index (κ2) is 7.96. The molecule has 3 rings (SSSR count). The molecule has 0 atom stereocenters. The minimum absolute atomic E-state index is 0.266. The summed E-state index contributed by atoms with van der Waals surface area (Å²) in [6, 6.07) is 13.9. The normalized spacial score (nSPS) is 16.8. The first-order valence-electron chi connectivity index (χ1n) is 8.52. The smallest absolute Gasteiger partial charge is 0.279 e. The fourth-order valence-electron chi connectivity index (χ4n) is 3.03. The summed E-state index contributed by atoms with van der Waals surface area (Å²) in [7, 11) is -3.40. The number of hydrogen-bond donors (Lipinski definition) is 1. The molecule has 1 saturated heterocycles. The molecule has 0 bridgehead atoms. The van der Waals surface area contributed by atoms with Gasteiger partial charge in [-0.15, -0.1) is 0 Å². The zero-order valence-electron chi connectivity index (χ0n) is 13.8. The minimum Gasteiger partial charge on any atom is -0.492 e. The molecule has 0 aliphatic carbocycles. The summed E-state index contributed by atoms with van der Waals surface area (Å²) in [6.07, 6.45) is 4.09. The number of rotatable bonds is 6. The number of nitrogens with one attached hydrogen (secondary N) is 1. The van der Waals surface area contributed by atoms with Crippen LogP contribution < -0.4 is 9.46 Å². The Morgan fingerprint density at radius 2 is 1.67 bits per heavy atom. The first-order chi connectivity index (χ1) is 11.7. The fourth-order valence-corrected chi connectivity index (χ4v) is 4.29. The van der Waals surface area contributed by atoms with Crippen LogP contribution in [0.15, 0.2) is 42.5 Å². The molecule has 2 aromatic rings. The van der Waals surface area contributed by atoms with E-state index in [2.05, 4.69) is 4.72 Å². The predicted octanol–water partition coefficient (Wildman–Crippen LogP) is 2.93. The Hall–Kier alpha value is -1.63. The van der Waals surface area contributed by atoms with E-state index in [0.717, 1.165) is 42.2 Å². The average molecular weight is 348 g/mol. The summed E-state index contributed by atoms with van der Waals surface area (Å²) in [4.78, 5) is 0. The number of ether oxygens (including phenoxy) is 1. The van der Waals surface area contributed by atoms with E-state index in [4.69, 9.17) is 4.74 Å². The summed E-state index contributed by atoms with van der Waals surface area (Å²) in [6.45, 7) is 1.79. The van der Waals surface area contributed by atoms with E-state index in [1.807, 2.05) is 42.5 Å². The van der Waals surface area contributed by atoms with Gasteiger partial charge in [-0.2, -0.15) is 17.4 Å². The zero-order chi connectivity index (χ0) is 16.8. The van der Waals surface area contributed by atoms with Crippen molar-refractivity contribution in [1.29, 1.82) is 0 Å². The number of benzene rings is 2. The maximum Gasteiger partial charge on any atom is 0.279 e. The van der Waals surface area contributed by atoms with Crippen molar-refractivity contribution in [1.82, 2.24) is 9.03 Å². The van der Waals surface area contributed by atoms with Crippen LogP contribution >= 0.6 is 0 Å². The van der Waals surface area contributed by atoms with Gasteiger partial charge >= 0.3 is 0 Å². The number of fused-ring (bicyclic) bond motifs is 1. The minimum atomic E-state index is -3.40. The number of hydrogen-bond acceptors (Lipinski definition) is 3. The second-order valence-corrected chi connectivity index (χ2v) is 7.79. The lowest BCUT2D eigenvalue weighted by molar-refractivity contribution is 0.323. The van der Waals surface area contributed by atoms with Crippen LogP contribution in [0.1, 0.15) is 25.7 Å². The van der Waals surface area contributed by atoms with Crippen LogP contribution in [0.3, 0.4) is 0 Å². The van der Waals surface area contributed by atoms with Gasteiger partial charge in [0, 0.05) is 25.0 Å². The summed E-state index contributed by atoms with van der Waals surface area (Å²) in [5.41, 5.74) is 0. The zero-order valence-corrected chi connectivity index (χ0v) is 14.6. The summed E-state index contributed by atoms with van der Waals surface area (Å²) in [5.74, 6) is 0.780. The third kappa shape index (κ3) is 4.26. The van der Waals surface area contributed by atoms with E-state index < -0.39 is 10.2 Å². The monoisotopic (exact) mass is 348 g/mol. The Labute approximate surface area is 143 Å². The van der Waals surface area contributed by atoms with Crippen LogP contribution in [0, 0.1) is 0 Å². The first kappa shape index (κ1) is 17.2. The van der Waals surface area contributed by atoms with Gasteiger partial charge in [0.05, 0.1) is 0 Å². The Kier molecular flexibility index (Phi) is 5.71. The van der Waals surface area contributed by atoms with E-state index in [1.165, 1.54) is 0 Å². The molecule has 24 heavy (non-hydrogen) atoms. The van der Waals surface area contributed by atoms with E-state index in [9.17, 15) is 8.42 Å². The molecule has 1 N–H and O–H groups in total. The molecule has 0 aromatic heterocycles. The van der Waals surface area contributed by atoms with Gasteiger partial charge in [-0.3, -0.25) is 0 Å². The van der Waals surface area contributed by atoms with Crippen molar-refractivity contribution in [2.24, 2.45) is 0 Å². The summed E-state index contributed by atoms with van der Waals surface area (Å²) >= 11 is 0. The molecule has 0 spiro atoms. The largest absolute Gasteiger partial charge is 0.492 e. The van der Waals surface area contributed by atoms with Crippen LogP contribution in [0.2, 0.25) is 0 Å². The van der Waals surface area contributed by atoms with Crippen molar-refractivity contribution >= 4 is 21.0 Å². The van der Waals surface area contributed by atoms with Crippen LogP contribution in [-0.2, 0) is 10.2 Å². The van der Waals surface area contributed by atoms with Gasteiger partial charge in [-0.05, 0) is 24.3 Å². The first-order valence-corrected chi connectivity index (χ1v) is 9.96. The molecule has 130 valence electrons. The van der Waals surface area contributed by atoms with Crippen molar-refractivity contribution in [3.05, 3.63) is 42.5 Å². The molecular formula is C18H24N2O3S. The van der Waals surface area contributed by atoms with E-state index >= 15 is 0 Å². The van der Waals surface area contributed by atoms with E-state index in [-0.39, 0.29) is 6.54 Å². The second-order valence-electron chi connectivity index (χ2n) is 6.04. The highest BCUT2D eigenvalue weighted by Gasteiger charge is 2.22. The van der Waals surface area contributed by atoms with Gasteiger partial charge in [-0.1, -0.05) is 49.2 Å². The molecule has 1 aliphatic rings. The summed E-state index contributed by atoms with van der Waals surface area (Å²) < 4.78 is 34.6. The van der Waals surface area contributed by atoms with E-state index in [1.54, 1.807) is 4.31 Å². The van der Waals surface area contributed by atoms with Gasteiger partial charge in [0.1, 0.15) is 12.4 Å². The Balaban J connectivity index is 1.54. The fraction of sp³-hybridized carbons (Fsp3) is 0.444. The lowest BCUT2D eigenvalue weighted by atomic mass is 10.1. The predicted molar refractivity (Wildman–Crippen MR) is 96.4 cm³/mol. The lowest BCUT2D eigenvalue weighted by Crippen LogP contribution is -2.42. The van der Waals surface area contributed by atoms with Gasteiger partial charge < -0.3 is 4.74 Å². The maximum absolute atomic E-state index is 12.3. The van der Waals surface area contributed by atoms with Crippen LogP contribution in [0.4, 0.5) is 0 Å². The highest BCUT2D eigenvalue weighted by Crippen LogP contribution is 2.24. The molecule has 1 aliphatic heterocycles. The SMILES string of the molecule is O=S(=O)(NCCOc1cccc2ccccc12)N1CCCCCC1. The van der Waals surface area contributed by atoms with Gasteiger partial charge in [0.2, 0.25) is 0 Å². The van der Waals surface area contributed by atoms with Crippen molar-refractivity contribution in [2.45, 2.75) is 25.7 Å². The molecule has 5 nitrogen and oxygen atoms in total. The average Bonchev–Trinajstić information content (AvgIpc) is 2.89. The molecule has 6 heteroatoms. The third-order valence-electron chi connectivity index (χ3n) is 4.30. The van der Waals surface area contributed by atoms with Crippen molar-refractivity contribution < 1.29 is 13.2 Å². The Morgan fingerprint density at radius 3 is 2.46 bits per heavy atom. The lowest BCUT2D eigenvalue weighted by Gasteiger charge is -2.20. The molecule has 0 radical (unpaired) electrons. The molecule has 0 unspecified atom stereocenters. The third-order valence-corrected chi connectivity index (χ3v) is 5.91. The molecular weight excluding hydrogens is 324 g/mol. The number of nitrogens with zero attached hydrogens (tertiary/aromatic N) is 1. The molecule has 1 heterocycles. The molecule has 2 aromatic carbocycles. The van der Waals surface area contributed by atoms with Crippen LogP contribution in [0.25, 0.3) is 10.8 Å². The topological polar surface area (TPSA) is 58.6 Å². The molecule has 0 amide bonds. The van der Waals surface area contributed by atoms with Gasteiger partial charge in [0.25, 0.3) is 10.2 Å². The van der Waals surface area contributed by atoms with Gasteiger partial charge in [0.15, 0.2) is 0 Å². The quantitative estimate of drug-likeness (QED) is 0.817. The van der Waals surface area contributed by atoms with Crippen molar-refractivity contribution in [3.63, 3.8) is 0 Å². The standard InChI is InChI=1S/C18H24N2O3S/c21-24(22,20-13-5-1-2-6-14-20)19-12-15-23-18-11-7-9-16-8-3-4-10-17(16)18/h3-4,7-11,19H,1-2,5-6,12-15H2. The Morgan fingerprint density at radius 1 is 0.958 bits per heavy atom. The van der Waals surface area contributed by atoms with E-state index in [0.29, 0.717) is 19.7 Å².